The van der Waals surface area contributed by atoms with Gasteiger partial charge in [0.05, 0.1) is 54.9 Å². The Morgan fingerprint density at radius 1 is 0.489 bits per heavy atom. The molecular formula is C30H30Cl4N8NiO2. The van der Waals surface area contributed by atoms with Gasteiger partial charge in [-0.05, 0) is 74.2 Å². The number of nitrogens with zero attached hydrogens (tertiary/aromatic N) is 2. The van der Waals surface area contributed by atoms with E-state index in [1.807, 2.05) is 76.2 Å². The SMILES string of the molecule is Cc1cccc(Cl)c1NN=C([O-])NNc1c(C)cccc1Cl.Cc1cccc(Cl)c1NN=C([O-])NNc1c(C)cccc1Cl.[Ni+2]. The Bertz CT molecular complexity index is 1450. The molecule has 0 radical (unpaired) electrons. The van der Waals surface area contributed by atoms with E-state index in [1.165, 1.54) is 0 Å². The largest absolute Gasteiger partial charge is 2.00 e. The summed E-state index contributed by atoms with van der Waals surface area (Å²) in [6.07, 6.45) is 0. The van der Waals surface area contributed by atoms with Crippen molar-refractivity contribution in [2.45, 2.75) is 27.7 Å². The van der Waals surface area contributed by atoms with Gasteiger partial charge in [-0.3, -0.25) is 32.6 Å². The Balaban J connectivity index is 0.000000307. The predicted octanol–water partition coefficient (Wildman–Crippen LogP) is 6.54. The Hall–Kier alpha value is -3.73. The third-order valence-electron chi connectivity index (χ3n) is 6.02. The molecule has 0 heterocycles. The molecule has 45 heavy (non-hydrogen) atoms. The predicted molar refractivity (Wildman–Crippen MR) is 180 cm³/mol. The molecule has 0 bridgehead atoms. The molecule has 0 aromatic heterocycles. The summed E-state index contributed by atoms with van der Waals surface area (Å²) < 4.78 is 0. The first-order valence-corrected chi connectivity index (χ1v) is 14.5. The van der Waals surface area contributed by atoms with Crippen LogP contribution in [0.1, 0.15) is 22.3 Å². The minimum Gasteiger partial charge on any atom is -0.844 e. The second-order valence-corrected chi connectivity index (χ2v) is 10.9. The van der Waals surface area contributed by atoms with Gasteiger partial charge in [0, 0.05) is 0 Å². The maximum atomic E-state index is 11.7. The van der Waals surface area contributed by atoms with Crippen LogP contribution in [0.3, 0.4) is 0 Å². The van der Waals surface area contributed by atoms with Crippen molar-refractivity contribution in [1.29, 1.82) is 0 Å². The van der Waals surface area contributed by atoms with Gasteiger partial charge in [0.1, 0.15) is 0 Å². The summed E-state index contributed by atoms with van der Waals surface area (Å²) in [5.74, 6) is 0. The van der Waals surface area contributed by atoms with Crippen LogP contribution in [0, 0.1) is 27.7 Å². The number of hydrogen-bond donors (Lipinski definition) is 6. The van der Waals surface area contributed by atoms with Crippen LogP contribution in [-0.4, -0.2) is 12.0 Å². The minimum atomic E-state index is -0.598. The molecule has 6 N–H and O–H groups in total. The molecule has 0 aliphatic carbocycles. The topological polar surface area (TPSA) is 143 Å². The number of aryl methyl sites for hydroxylation is 4. The number of hydrogen-bond acceptors (Lipinski definition) is 8. The number of hydrazine groups is 2. The molecule has 0 amide bonds. The standard InChI is InChI=1S/2C15H16Cl2N4O.Ni/c2*1-9-5-3-7-11(16)13(9)18-20-15(22)21-19-14-10(2)6-4-8-12(14)17;/h2*3-8,18-19H,1-2H3,(H2,20,21,22);/q;;+2/p-2. The molecule has 0 unspecified atom stereocenters. The van der Waals surface area contributed by atoms with Crippen molar-refractivity contribution in [1.82, 2.24) is 10.9 Å². The summed E-state index contributed by atoms with van der Waals surface area (Å²) in [6, 6.07) is 20.5. The molecule has 240 valence electrons. The van der Waals surface area contributed by atoms with Gasteiger partial charge in [-0.1, -0.05) is 94.9 Å². The van der Waals surface area contributed by atoms with Gasteiger partial charge in [0.2, 0.25) is 0 Å². The molecule has 0 fully saturated rings. The van der Waals surface area contributed by atoms with Crippen molar-refractivity contribution < 1.29 is 26.7 Å². The van der Waals surface area contributed by atoms with Crippen molar-refractivity contribution in [2.24, 2.45) is 10.2 Å². The van der Waals surface area contributed by atoms with E-state index in [-0.39, 0.29) is 16.5 Å². The summed E-state index contributed by atoms with van der Waals surface area (Å²) in [5, 5.41) is 32.9. The van der Waals surface area contributed by atoms with E-state index < -0.39 is 12.0 Å². The molecule has 0 spiro atoms. The van der Waals surface area contributed by atoms with E-state index in [0.29, 0.717) is 42.8 Å². The van der Waals surface area contributed by atoms with Crippen LogP contribution >= 0.6 is 46.4 Å². The van der Waals surface area contributed by atoms with Crippen LogP contribution in [0.2, 0.25) is 20.1 Å². The number of amidine groups is 2. The van der Waals surface area contributed by atoms with Gasteiger partial charge < -0.3 is 10.2 Å². The maximum absolute atomic E-state index is 11.7. The Morgan fingerprint density at radius 3 is 1.02 bits per heavy atom. The number of hydrazone groups is 2. The molecular weight excluding hydrogens is 705 g/mol. The maximum Gasteiger partial charge on any atom is 2.00 e. The number of benzene rings is 4. The van der Waals surface area contributed by atoms with E-state index in [4.69, 9.17) is 46.4 Å². The van der Waals surface area contributed by atoms with E-state index >= 15 is 0 Å². The molecule has 10 nitrogen and oxygen atoms in total. The van der Waals surface area contributed by atoms with Crippen LogP contribution in [0.4, 0.5) is 22.7 Å². The number of nitrogens with one attached hydrogen (secondary N) is 6. The van der Waals surface area contributed by atoms with Crippen LogP contribution < -0.4 is 42.8 Å². The van der Waals surface area contributed by atoms with Gasteiger partial charge in [-0.25, -0.2) is 0 Å². The molecule has 15 heteroatoms. The first-order chi connectivity index (χ1) is 21.0. The average molecular weight is 735 g/mol. The summed E-state index contributed by atoms with van der Waals surface area (Å²) in [7, 11) is 0. The van der Waals surface area contributed by atoms with Gasteiger partial charge in [0.15, 0.2) is 0 Å². The second-order valence-electron chi connectivity index (χ2n) is 9.28. The monoisotopic (exact) mass is 732 g/mol. The number of anilines is 4. The molecule has 0 saturated carbocycles. The van der Waals surface area contributed by atoms with Crippen molar-refractivity contribution in [2.75, 3.05) is 21.7 Å². The zero-order valence-corrected chi connectivity index (χ0v) is 28.5. The fourth-order valence-electron chi connectivity index (χ4n) is 3.63. The normalized spacial score (nSPS) is 10.9. The fraction of sp³-hybridized carbons (Fsp3) is 0.133. The first kappa shape index (κ1) is 37.5. The van der Waals surface area contributed by atoms with Crippen LogP contribution in [0.5, 0.6) is 0 Å². The summed E-state index contributed by atoms with van der Waals surface area (Å²) in [5.41, 5.74) is 21.7. The molecule has 4 aromatic carbocycles. The van der Waals surface area contributed by atoms with Crippen LogP contribution in [-0.2, 0) is 16.5 Å². The van der Waals surface area contributed by atoms with Crippen LogP contribution in [0.15, 0.2) is 83.0 Å². The fourth-order valence-corrected chi connectivity index (χ4v) is 4.69. The van der Waals surface area contributed by atoms with Crippen molar-refractivity contribution in [3.63, 3.8) is 0 Å². The van der Waals surface area contributed by atoms with Gasteiger partial charge >= 0.3 is 16.5 Å². The Labute approximate surface area is 292 Å². The molecule has 4 aromatic rings. The number of rotatable bonds is 8. The summed E-state index contributed by atoms with van der Waals surface area (Å²) in [4.78, 5) is 0. The third-order valence-corrected chi connectivity index (χ3v) is 7.28. The number of halogens is 4. The van der Waals surface area contributed by atoms with Crippen molar-refractivity contribution in [3.8, 4) is 0 Å². The quantitative estimate of drug-likeness (QED) is 0.0519. The van der Waals surface area contributed by atoms with Gasteiger partial charge in [-0.2, -0.15) is 10.2 Å². The van der Waals surface area contributed by atoms with E-state index in [2.05, 4.69) is 42.8 Å². The number of para-hydroxylation sites is 4. The summed E-state index contributed by atoms with van der Waals surface area (Å²) >= 11 is 24.2. The zero-order chi connectivity index (χ0) is 32.2. The van der Waals surface area contributed by atoms with Gasteiger partial charge in [0.25, 0.3) is 0 Å². The van der Waals surface area contributed by atoms with E-state index in [0.717, 1.165) is 22.3 Å². The Morgan fingerprint density at radius 2 is 0.756 bits per heavy atom. The third kappa shape index (κ3) is 11.3. The summed E-state index contributed by atoms with van der Waals surface area (Å²) in [6.45, 7) is 7.49. The molecule has 0 saturated heterocycles. The van der Waals surface area contributed by atoms with Gasteiger partial charge in [-0.15, -0.1) is 0 Å². The Kier molecular flexibility index (Phi) is 15.2. The molecule has 0 aliphatic rings. The smallest absolute Gasteiger partial charge is 0.844 e. The zero-order valence-electron chi connectivity index (χ0n) is 24.5. The second kappa shape index (κ2) is 18.3. The molecule has 0 aliphatic heterocycles. The average Bonchev–Trinajstić information content (AvgIpc) is 2.96. The van der Waals surface area contributed by atoms with E-state index in [1.54, 1.807) is 24.3 Å². The van der Waals surface area contributed by atoms with Crippen LogP contribution in [0.25, 0.3) is 0 Å². The van der Waals surface area contributed by atoms with E-state index in [9.17, 15) is 10.2 Å². The minimum absolute atomic E-state index is 0. The van der Waals surface area contributed by atoms with Crippen molar-refractivity contribution in [3.05, 3.63) is 115 Å². The van der Waals surface area contributed by atoms with Crippen molar-refractivity contribution >= 4 is 81.2 Å². The molecule has 4 rings (SSSR count). The molecule has 0 atom stereocenters. The first-order valence-electron chi connectivity index (χ1n) is 13.0.